The highest BCUT2D eigenvalue weighted by molar-refractivity contribution is 5.87. The number of hydrogen-bond donors (Lipinski definition) is 2. The van der Waals surface area contributed by atoms with E-state index in [1.807, 2.05) is 6.92 Å². The minimum Gasteiger partial charge on any atom is -0.370 e. The lowest BCUT2D eigenvalue weighted by molar-refractivity contribution is -0.127. The number of carbonyl (C=O) groups excluding carboxylic acids is 2. The third-order valence-corrected chi connectivity index (χ3v) is 4.26. The molecule has 0 aliphatic carbocycles. The van der Waals surface area contributed by atoms with Gasteiger partial charge in [-0.1, -0.05) is 52.9 Å². The van der Waals surface area contributed by atoms with Crippen LogP contribution in [0.3, 0.4) is 0 Å². The van der Waals surface area contributed by atoms with E-state index in [1.54, 1.807) is 7.05 Å². The summed E-state index contributed by atoms with van der Waals surface area (Å²) in [6.45, 7) is 6.19. The Labute approximate surface area is 130 Å². The van der Waals surface area contributed by atoms with Crippen molar-refractivity contribution in [3.8, 4) is 0 Å². The third-order valence-electron chi connectivity index (χ3n) is 4.26. The molecule has 0 rings (SSSR count). The molecule has 3 N–H and O–H groups in total. The van der Waals surface area contributed by atoms with E-state index >= 15 is 0 Å². The summed E-state index contributed by atoms with van der Waals surface area (Å²) in [7, 11) is 1.79. The van der Waals surface area contributed by atoms with Gasteiger partial charge in [0.2, 0.25) is 5.91 Å². The summed E-state index contributed by atoms with van der Waals surface area (Å²) < 4.78 is 0. The van der Waals surface area contributed by atoms with Crippen molar-refractivity contribution in [3.05, 3.63) is 0 Å². The van der Waals surface area contributed by atoms with Crippen molar-refractivity contribution in [1.29, 1.82) is 0 Å². The molecule has 0 bridgehead atoms. The molecule has 0 saturated heterocycles. The van der Waals surface area contributed by atoms with Gasteiger partial charge >= 0.3 is 0 Å². The van der Waals surface area contributed by atoms with Crippen LogP contribution >= 0.6 is 0 Å². The lowest BCUT2D eigenvalue weighted by Crippen LogP contribution is -2.44. The molecule has 0 fully saturated rings. The van der Waals surface area contributed by atoms with Crippen molar-refractivity contribution < 1.29 is 9.59 Å². The Morgan fingerprint density at radius 2 is 1.71 bits per heavy atom. The van der Waals surface area contributed by atoms with E-state index in [0.717, 1.165) is 19.3 Å². The molecule has 4 heteroatoms. The predicted molar refractivity (Wildman–Crippen MR) is 88.0 cm³/mol. The number of rotatable bonds is 13. The Hall–Kier alpha value is -0.900. The molecule has 0 radical (unpaired) electrons. The van der Waals surface area contributed by atoms with Crippen LogP contribution < -0.4 is 11.1 Å². The Kier molecular flexibility index (Phi) is 11.2. The van der Waals surface area contributed by atoms with Gasteiger partial charge in [-0.05, 0) is 25.8 Å². The number of amides is 1. The van der Waals surface area contributed by atoms with Crippen molar-refractivity contribution >= 4 is 11.7 Å². The van der Waals surface area contributed by atoms with Crippen molar-refractivity contribution in [1.82, 2.24) is 5.32 Å². The smallest absolute Gasteiger partial charge is 0.217 e. The van der Waals surface area contributed by atoms with Gasteiger partial charge in [0.15, 0.2) is 5.78 Å². The van der Waals surface area contributed by atoms with Crippen molar-refractivity contribution in [2.24, 2.45) is 17.6 Å². The van der Waals surface area contributed by atoms with Crippen molar-refractivity contribution in [2.75, 3.05) is 7.05 Å². The molecule has 3 unspecified atom stereocenters. The molecule has 1 amide bonds. The fourth-order valence-electron chi connectivity index (χ4n) is 2.94. The number of primary amides is 1. The highest BCUT2D eigenvalue weighted by Crippen LogP contribution is 2.21. The van der Waals surface area contributed by atoms with Crippen molar-refractivity contribution in [3.63, 3.8) is 0 Å². The molecule has 0 heterocycles. The molecule has 0 aromatic heterocycles. The number of carbonyl (C=O) groups is 2. The minimum atomic E-state index is -0.344. The first-order chi connectivity index (χ1) is 9.97. The third kappa shape index (κ3) is 8.20. The van der Waals surface area contributed by atoms with Crippen LogP contribution in [-0.2, 0) is 9.59 Å². The van der Waals surface area contributed by atoms with Gasteiger partial charge in [0, 0.05) is 12.3 Å². The monoisotopic (exact) mass is 298 g/mol. The lowest BCUT2D eigenvalue weighted by Gasteiger charge is -2.25. The molecule has 3 atom stereocenters. The van der Waals surface area contributed by atoms with E-state index < -0.39 is 0 Å². The second kappa shape index (κ2) is 11.7. The standard InChI is InChI=1S/C17H34N2O2/c1-5-7-8-9-10-11-14(6-2)17(21)16(19-4)13(3)12-15(18)20/h13-14,16,19H,5-12H2,1-4H3,(H2,18,20). The minimum absolute atomic E-state index is 0.0471. The molecular weight excluding hydrogens is 264 g/mol. The zero-order valence-corrected chi connectivity index (χ0v) is 14.3. The average molecular weight is 298 g/mol. The van der Waals surface area contributed by atoms with E-state index in [-0.39, 0.29) is 36.0 Å². The molecule has 0 spiro atoms. The summed E-state index contributed by atoms with van der Waals surface area (Å²) in [5, 5.41) is 3.08. The number of nitrogens with two attached hydrogens (primary N) is 1. The van der Waals surface area contributed by atoms with Crippen LogP contribution in [0, 0.1) is 11.8 Å². The number of unbranched alkanes of at least 4 members (excludes halogenated alkanes) is 4. The summed E-state index contributed by atoms with van der Waals surface area (Å²) >= 11 is 0. The first kappa shape index (κ1) is 20.1. The van der Waals surface area contributed by atoms with Gasteiger partial charge in [0.05, 0.1) is 6.04 Å². The fraction of sp³-hybridized carbons (Fsp3) is 0.882. The lowest BCUT2D eigenvalue weighted by atomic mass is 9.84. The SMILES string of the molecule is CCCCCCCC(CC)C(=O)C(NC)C(C)CC(N)=O. The maximum absolute atomic E-state index is 12.6. The molecule has 0 aliphatic heterocycles. The normalized spacial score (nSPS) is 15.4. The van der Waals surface area contributed by atoms with Crippen LogP contribution in [0.1, 0.15) is 72.1 Å². The zero-order chi connectivity index (χ0) is 16.3. The van der Waals surface area contributed by atoms with E-state index in [1.165, 1.54) is 25.7 Å². The second-order valence-electron chi connectivity index (χ2n) is 6.12. The molecular formula is C17H34N2O2. The second-order valence-corrected chi connectivity index (χ2v) is 6.12. The number of likely N-dealkylation sites (N-methyl/N-ethyl adjacent to an activating group) is 1. The molecule has 0 saturated carbocycles. The molecule has 21 heavy (non-hydrogen) atoms. The Balaban J connectivity index is 4.40. The molecule has 124 valence electrons. The fourth-order valence-corrected chi connectivity index (χ4v) is 2.94. The van der Waals surface area contributed by atoms with Crippen LogP contribution in [0.2, 0.25) is 0 Å². The number of Topliss-reactive ketones (excluding diaryl/α,β-unsaturated/α-hetero) is 1. The first-order valence-corrected chi connectivity index (χ1v) is 8.47. The zero-order valence-electron chi connectivity index (χ0n) is 14.3. The summed E-state index contributed by atoms with van der Waals surface area (Å²) in [6.07, 6.45) is 8.18. The van der Waals surface area contributed by atoms with Crippen LogP contribution in [0.25, 0.3) is 0 Å². The summed E-state index contributed by atoms with van der Waals surface area (Å²) in [5.74, 6) is -0.0547. The molecule has 0 aromatic rings. The average Bonchev–Trinajstić information content (AvgIpc) is 2.42. The molecule has 0 aliphatic rings. The van der Waals surface area contributed by atoms with Gasteiger partial charge in [0.25, 0.3) is 0 Å². The van der Waals surface area contributed by atoms with Crippen LogP contribution in [0.4, 0.5) is 0 Å². The van der Waals surface area contributed by atoms with Gasteiger partial charge in [-0.3, -0.25) is 9.59 Å². The van der Waals surface area contributed by atoms with E-state index in [9.17, 15) is 9.59 Å². The summed E-state index contributed by atoms with van der Waals surface area (Å²) in [6, 6.07) is -0.266. The van der Waals surface area contributed by atoms with E-state index in [4.69, 9.17) is 5.73 Å². The summed E-state index contributed by atoms with van der Waals surface area (Å²) in [4.78, 5) is 23.7. The van der Waals surface area contributed by atoms with Gasteiger partial charge in [-0.2, -0.15) is 0 Å². The highest BCUT2D eigenvalue weighted by atomic mass is 16.1. The largest absolute Gasteiger partial charge is 0.370 e. The number of nitrogens with one attached hydrogen (secondary N) is 1. The maximum atomic E-state index is 12.6. The number of hydrogen-bond acceptors (Lipinski definition) is 3. The van der Waals surface area contributed by atoms with Gasteiger partial charge in [-0.15, -0.1) is 0 Å². The quantitative estimate of drug-likeness (QED) is 0.513. The first-order valence-electron chi connectivity index (χ1n) is 8.47. The van der Waals surface area contributed by atoms with E-state index in [0.29, 0.717) is 0 Å². The van der Waals surface area contributed by atoms with Gasteiger partial charge < -0.3 is 11.1 Å². The number of ketones is 1. The Morgan fingerprint density at radius 1 is 1.10 bits per heavy atom. The van der Waals surface area contributed by atoms with Gasteiger partial charge in [-0.25, -0.2) is 0 Å². The molecule has 0 aromatic carbocycles. The maximum Gasteiger partial charge on any atom is 0.217 e. The van der Waals surface area contributed by atoms with Crippen LogP contribution in [-0.4, -0.2) is 24.8 Å². The Morgan fingerprint density at radius 3 is 2.19 bits per heavy atom. The topological polar surface area (TPSA) is 72.2 Å². The van der Waals surface area contributed by atoms with Crippen LogP contribution in [0.15, 0.2) is 0 Å². The van der Waals surface area contributed by atoms with Crippen LogP contribution in [0.5, 0.6) is 0 Å². The van der Waals surface area contributed by atoms with Crippen molar-refractivity contribution in [2.45, 2.75) is 78.2 Å². The van der Waals surface area contributed by atoms with Gasteiger partial charge in [0.1, 0.15) is 0 Å². The Bertz CT molecular complexity index is 305. The highest BCUT2D eigenvalue weighted by Gasteiger charge is 2.29. The summed E-state index contributed by atoms with van der Waals surface area (Å²) in [5.41, 5.74) is 5.24. The molecule has 4 nitrogen and oxygen atoms in total. The van der Waals surface area contributed by atoms with E-state index in [2.05, 4.69) is 19.2 Å². The predicted octanol–water partition coefficient (Wildman–Crippen LogP) is 3.04.